The van der Waals surface area contributed by atoms with Gasteiger partial charge in [0.1, 0.15) is 5.75 Å². The number of aromatic hydroxyl groups is 1. The van der Waals surface area contributed by atoms with Crippen LogP contribution in [0, 0.1) is 5.82 Å². The molecule has 3 N–H and O–H groups in total. The van der Waals surface area contributed by atoms with E-state index in [1.54, 1.807) is 18.3 Å². The van der Waals surface area contributed by atoms with Gasteiger partial charge in [-0.2, -0.15) is 10.1 Å². The smallest absolute Gasteiger partial charge is 0.245 e. The molecular weight excluding hydrogens is 497 g/mol. The monoisotopic (exact) mass is 527 g/mol. The van der Waals surface area contributed by atoms with Gasteiger partial charge in [-0.3, -0.25) is 0 Å². The van der Waals surface area contributed by atoms with Crippen molar-refractivity contribution < 1.29 is 14.2 Å². The normalized spacial score (nSPS) is 15.5. The zero-order chi connectivity index (χ0) is 27.2. The van der Waals surface area contributed by atoms with E-state index in [0.717, 1.165) is 40.8 Å². The van der Waals surface area contributed by atoms with E-state index in [-0.39, 0.29) is 23.6 Å². The van der Waals surface area contributed by atoms with Gasteiger partial charge in [0.25, 0.3) is 0 Å². The summed E-state index contributed by atoms with van der Waals surface area (Å²) in [6.07, 6.45) is 3.45. The summed E-state index contributed by atoms with van der Waals surface area (Å²) in [7, 11) is 0. The molecule has 1 atom stereocenters. The Morgan fingerprint density at radius 3 is 2.74 bits per heavy atom. The van der Waals surface area contributed by atoms with Gasteiger partial charge in [-0.15, -0.1) is 0 Å². The number of anilines is 4. The van der Waals surface area contributed by atoms with Gasteiger partial charge in [-0.1, -0.05) is 31.2 Å². The highest BCUT2D eigenvalue weighted by Crippen LogP contribution is 2.27. The van der Waals surface area contributed by atoms with Crippen molar-refractivity contribution >= 4 is 29.4 Å². The predicted octanol–water partition coefficient (Wildman–Crippen LogP) is 5.36. The Morgan fingerprint density at radius 2 is 1.97 bits per heavy atom. The van der Waals surface area contributed by atoms with Gasteiger partial charge < -0.3 is 20.1 Å². The summed E-state index contributed by atoms with van der Waals surface area (Å²) >= 11 is 0. The molecule has 0 radical (unpaired) electrons. The lowest BCUT2D eigenvalue weighted by Crippen LogP contribution is -2.42. The van der Waals surface area contributed by atoms with Crippen LogP contribution in [0.5, 0.6) is 5.75 Å². The maximum Gasteiger partial charge on any atom is 0.245 e. The number of aryl methyl sites for hydroxylation is 1. The molecule has 1 fully saturated rings. The van der Waals surface area contributed by atoms with Gasteiger partial charge in [-0.25, -0.2) is 19.8 Å². The molecule has 1 unspecified atom stereocenters. The molecular formula is C29H30FN7O2. The number of nitrogens with one attached hydrogen (secondary N) is 2. The topological polar surface area (TPSA) is 108 Å². The first-order valence-corrected chi connectivity index (χ1v) is 12.8. The van der Waals surface area contributed by atoms with Crippen LogP contribution in [0.4, 0.5) is 27.5 Å². The Morgan fingerprint density at radius 1 is 1.13 bits per heavy atom. The lowest BCUT2D eigenvalue weighted by molar-refractivity contribution is 0.0527. The highest BCUT2D eigenvalue weighted by Gasteiger charge is 2.21. The number of ether oxygens (including phenoxy) is 1. The summed E-state index contributed by atoms with van der Waals surface area (Å²) in [5.74, 6) is 0.189. The molecule has 39 heavy (non-hydrogen) atoms. The predicted molar refractivity (Wildman–Crippen MR) is 151 cm³/mol. The van der Waals surface area contributed by atoms with Crippen molar-refractivity contribution in [3.8, 4) is 16.9 Å². The van der Waals surface area contributed by atoms with Crippen molar-refractivity contribution in [2.75, 3.05) is 35.3 Å². The minimum atomic E-state index is -0.482. The van der Waals surface area contributed by atoms with Crippen LogP contribution in [0.25, 0.3) is 11.1 Å². The van der Waals surface area contributed by atoms with Crippen molar-refractivity contribution in [2.24, 2.45) is 5.10 Å². The molecule has 1 aliphatic heterocycles. The number of nitrogens with zero attached hydrogens (tertiary/aromatic N) is 5. The highest BCUT2D eigenvalue weighted by molar-refractivity contribution is 5.79. The molecule has 1 aliphatic rings. The molecule has 4 aromatic rings. The average Bonchev–Trinajstić information content (AvgIpc) is 2.95. The average molecular weight is 528 g/mol. The number of phenolic OH excluding ortho intramolecular Hbond substituents is 1. The first kappa shape index (κ1) is 26.1. The van der Waals surface area contributed by atoms with Crippen LogP contribution < -0.4 is 15.6 Å². The van der Waals surface area contributed by atoms with Crippen molar-refractivity contribution in [3.63, 3.8) is 0 Å². The van der Waals surface area contributed by atoms with Gasteiger partial charge in [0.05, 0.1) is 42.2 Å². The number of aromatic nitrogens is 3. The molecule has 2 aromatic heterocycles. The number of phenols is 1. The number of hydrogen-bond donors (Lipinski definition) is 3. The number of rotatable bonds is 8. The zero-order valence-corrected chi connectivity index (χ0v) is 21.8. The number of halogens is 1. The van der Waals surface area contributed by atoms with Crippen LogP contribution in [0.2, 0.25) is 0 Å². The van der Waals surface area contributed by atoms with Crippen molar-refractivity contribution in [1.29, 1.82) is 0 Å². The molecule has 0 bridgehead atoms. The Bertz CT molecular complexity index is 1460. The molecule has 5 rings (SSSR count). The maximum absolute atomic E-state index is 14.4. The van der Waals surface area contributed by atoms with Gasteiger partial charge in [0.15, 0.2) is 11.6 Å². The standard InChI is InChI=1S/C29H30FN7O2/c1-3-26-27(33-22-9-7-20(8-10-22)21-5-4-6-24(38)15-21)12-11-23(34-26)16-32-36-29-31-17-25(30)28(35-29)37-13-14-39-19(2)18-37/h4-12,15-17,19,33,38H,3,13-14,18H2,1-2H3,(H,31,35,36)/b32-16+. The summed E-state index contributed by atoms with van der Waals surface area (Å²) in [5, 5.41) is 17.4. The number of hydrazone groups is 1. The fraction of sp³-hybridized carbons (Fsp3) is 0.241. The lowest BCUT2D eigenvalue weighted by Gasteiger charge is -2.32. The molecule has 1 saturated heterocycles. The largest absolute Gasteiger partial charge is 0.508 e. The SMILES string of the molecule is CCc1nc(/C=N/Nc2ncc(F)c(N3CCOC(C)C3)n2)ccc1Nc1ccc(-c2cccc(O)c2)cc1. The maximum atomic E-state index is 14.4. The number of hydrogen-bond acceptors (Lipinski definition) is 9. The first-order valence-electron chi connectivity index (χ1n) is 12.8. The third-order valence-electron chi connectivity index (χ3n) is 6.30. The van der Waals surface area contributed by atoms with E-state index in [4.69, 9.17) is 9.72 Å². The second kappa shape index (κ2) is 11.9. The van der Waals surface area contributed by atoms with Crippen LogP contribution >= 0.6 is 0 Å². The molecule has 200 valence electrons. The number of morpholine rings is 1. The fourth-order valence-corrected chi connectivity index (χ4v) is 4.36. The summed E-state index contributed by atoms with van der Waals surface area (Å²) < 4.78 is 19.9. The second-order valence-electron chi connectivity index (χ2n) is 9.20. The summed E-state index contributed by atoms with van der Waals surface area (Å²) in [6, 6.07) is 19.0. The minimum Gasteiger partial charge on any atom is -0.508 e. The molecule has 0 spiro atoms. The Kier molecular flexibility index (Phi) is 7.93. The first-order chi connectivity index (χ1) is 19.0. The van der Waals surface area contributed by atoms with Crippen LogP contribution in [-0.4, -0.2) is 52.1 Å². The molecule has 10 heteroatoms. The van der Waals surface area contributed by atoms with Crippen LogP contribution in [-0.2, 0) is 11.2 Å². The molecule has 3 heterocycles. The lowest BCUT2D eigenvalue weighted by atomic mass is 10.1. The third-order valence-corrected chi connectivity index (χ3v) is 6.30. The van der Waals surface area contributed by atoms with E-state index in [9.17, 15) is 9.50 Å². The molecule has 2 aromatic carbocycles. The fourth-order valence-electron chi connectivity index (χ4n) is 4.36. The Hall–Kier alpha value is -4.57. The van der Waals surface area contributed by atoms with Crippen LogP contribution in [0.1, 0.15) is 25.2 Å². The van der Waals surface area contributed by atoms with Gasteiger partial charge in [-0.05, 0) is 60.9 Å². The van der Waals surface area contributed by atoms with Crippen LogP contribution in [0.15, 0.2) is 72.0 Å². The van der Waals surface area contributed by atoms with E-state index in [1.807, 2.05) is 67.3 Å². The van der Waals surface area contributed by atoms with Gasteiger partial charge in [0.2, 0.25) is 5.95 Å². The van der Waals surface area contributed by atoms with E-state index in [2.05, 4.69) is 25.8 Å². The highest BCUT2D eigenvalue weighted by atomic mass is 19.1. The minimum absolute atomic E-state index is 0.00268. The third kappa shape index (κ3) is 6.47. The van der Waals surface area contributed by atoms with E-state index in [1.165, 1.54) is 0 Å². The van der Waals surface area contributed by atoms with Crippen molar-refractivity contribution in [2.45, 2.75) is 26.4 Å². The van der Waals surface area contributed by atoms with Gasteiger partial charge in [0, 0.05) is 18.8 Å². The van der Waals surface area contributed by atoms with E-state index >= 15 is 0 Å². The van der Waals surface area contributed by atoms with Crippen LogP contribution in [0.3, 0.4) is 0 Å². The summed E-state index contributed by atoms with van der Waals surface area (Å²) in [4.78, 5) is 14.9. The van der Waals surface area contributed by atoms with E-state index in [0.29, 0.717) is 25.4 Å². The quantitative estimate of drug-likeness (QED) is 0.208. The molecule has 0 amide bonds. The number of pyridine rings is 1. The molecule has 0 aliphatic carbocycles. The summed E-state index contributed by atoms with van der Waals surface area (Å²) in [5.41, 5.74) is 8.12. The molecule has 0 saturated carbocycles. The number of benzene rings is 2. The second-order valence-corrected chi connectivity index (χ2v) is 9.20. The zero-order valence-electron chi connectivity index (χ0n) is 21.8. The summed E-state index contributed by atoms with van der Waals surface area (Å²) in [6.45, 7) is 5.63. The molecule has 9 nitrogen and oxygen atoms in total. The van der Waals surface area contributed by atoms with E-state index < -0.39 is 5.82 Å². The van der Waals surface area contributed by atoms with Crippen molar-refractivity contribution in [1.82, 2.24) is 15.0 Å². The Balaban J connectivity index is 1.24. The van der Waals surface area contributed by atoms with Crippen molar-refractivity contribution in [3.05, 3.63) is 84.1 Å². The van der Waals surface area contributed by atoms with Gasteiger partial charge >= 0.3 is 0 Å². The Labute approximate surface area is 226 Å².